The second-order valence-corrected chi connectivity index (χ2v) is 7.25. The van der Waals surface area contributed by atoms with E-state index in [1.54, 1.807) is 30.7 Å². The number of rotatable bonds is 9. The molecule has 1 saturated carbocycles. The number of benzene rings is 1. The summed E-state index contributed by atoms with van der Waals surface area (Å²) in [5.41, 5.74) is 1.31. The lowest BCUT2D eigenvalue weighted by Gasteiger charge is -2.17. The topological polar surface area (TPSA) is 102 Å². The lowest BCUT2D eigenvalue weighted by Crippen LogP contribution is -2.19. The smallest absolute Gasteiger partial charge is 0.325 e. The SMILES string of the molecule is COc1ccc(NC(=O)Nc2nc(COCCO)cs2)cc1OC1CCCC1. The summed E-state index contributed by atoms with van der Waals surface area (Å²) >= 11 is 1.31. The Bertz CT molecular complexity index is 777. The molecule has 3 N–H and O–H groups in total. The van der Waals surface area contributed by atoms with Gasteiger partial charge in [-0.3, -0.25) is 5.32 Å². The minimum absolute atomic E-state index is 0.0358. The van der Waals surface area contributed by atoms with E-state index >= 15 is 0 Å². The van der Waals surface area contributed by atoms with Crippen molar-refractivity contribution < 1.29 is 24.1 Å². The quantitative estimate of drug-likeness (QED) is 0.549. The number of hydrogen-bond acceptors (Lipinski definition) is 7. The molecule has 1 aliphatic rings. The number of methoxy groups -OCH3 is 1. The molecule has 0 saturated heterocycles. The van der Waals surface area contributed by atoms with Crippen molar-refractivity contribution in [2.45, 2.75) is 38.4 Å². The highest BCUT2D eigenvalue weighted by Gasteiger charge is 2.19. The first-order valence-electron chi connectivity index (χ1n) is 9.23. The number of aliphatic hydroxyl groups excluding tert-OH is 1. The van der Waals surface area contributed by atoms with E-state index in [9.17, 15) is 4.79 Å². The molecule has 0 atom stereocenters. The third-order valence-electron chi connectivity index (χ3n) is 4.28. The number of carbonyl (C=O) groups excluding carboxylic acids is 1. The van der Waals surface area contributed by atoms with E-state index in [4.69, 9.17) is 19.3 Å². The van der Waals surface area contributed by atoms with Crippen LogP contribution in [0.3, 0.4) is 0 Å². The van der Waals surface area contributed by atoms with Crippen LogP contribution in [0, 0.1) is 0 Å². The predicted molar refractivity (Wildman–Crippen MR) is 107 cm³/mol. The number of ether oxygens (including phenoxy) is 3. The molecular formula is C19H25N3O5S. The van der Waals surface area contributed by atoms with Gasteiger partial charge in [0, 0.05) is 17.1 Å². The standard InChI is InChI=1S/C19H25N3O5S/c1-25-16-7-6-13(10-17(16)27-15-4-2-3-5-15)20-18(24)22-19-21-14(12-28-19)11-26-9-8-23/h6-7,10,12,15,23H,2-5,8-9,11H2,1H3,(H2,20,21,22,24). The van der Waals surface area contributed by atoms with Crippen LogP contribution in [0.25, 0.3) is 0 Å². The fraction of sp³-hybridized carbons (Fsp3) is 0.474. The van der Waals surface area contributed by atoms with Crippen molar-refractivity contribution in [1.29, 1.82) is 0 Å². The van der Waals surface area contributed by atoms with Crippen LogP contribution in [0.2, 0.25) is 0 Å². The van der Waals surface area contributed by atoms with Crippen LogP contribution in [0.15, 0.2) is 23.6 Å². The van der Waals surface area contributed by atoms with Crippen LogP contribution < -0.4 is 20.1 Å². The Morgan fingerprint density at radius 2 is 2.11 bits per heavy atom. The zero-order chi connectivity index (χ0) is 19.8. The molecule has 0 aliphatic heterocycles. The van der Waals surface area contributed by atoms with E-state index in [1.807, 2.05) is 0 Å². The Labute approximate surface area is 167 Å². The number of urea groups is 1. The van der Waals surface area contributed by atoms with Gasteiger partial charge in [0.1, 0.15) is 0 Å². The van der Waals surface area contributed by atoms with Crippen molar-refractivity contribution >= 4 is 28.2 Å². The molecule has 1 aromatic heterocycles. The van der Waals surface area contributed by atoms with Crippen molar-refractivity contribution in [3.05, 3.63) is 29.3 Å². The minimum atomic E-state index is -0.394. The Kier molecular flexibility index (Phi) is 7.46. The van der Waals surface area contributed by atoms with E-state index in [0.29, 0.717) is 34.6 Å². The summed E-state index contributed by atoms with van der Waals surface area (Å²) < 4.78 is 16.6. The molecule has 1 heterocycles. The summed E-state index contributed by atoms with van der Waals surface area (Å²) in [6, 6.07) is 4.91. The van der Waals surface area contributed by atoms with Crippen molar-refractivity contribution in [1.82, 2.24) is 4.98 Å². The molecule has 0 bridgehead atoms. The van der Waals surface area contributed by atoms with Gasteiger partial charge in [0.2, 0.25) is 0 Å². The zero-order valence-electron chi connectivity index (χ0n) is 15.8. The summed E-state index contributed by atoms with van der Waals surface area (Å²) in [7, 11) is 1.60. The molecule has 2 aromatic rings. The summed E-state index contributed by atoms with van der Waals surface area (Å²) in [5.74, 6) is 1.27. The van der Waals surface area contributed by atoms with E-state index in [2.05, 4.69) is 15.6 Å². The van der Waals surface area contributed by atoms with Gasteiger partial charge in [-0.05, 0) is 37.8 Å². The molecule has 152 valence electrons. The number of anilines is 2. The summed E-state index contributed by atoms with van der Waals surface area (Å²) in [6.07, 6.45) is 4.62. The highest BCUT2D eigenvalue weighted by molar-refractivity contribution is 7.13. The number of aliphatic hydroxyl groups is 1. The first-order valence-corrected chi connectivity index (χ1v) is 10.1. The summed E-state index contributed by atoms with van der Waals surface area (Å²) in [6.45, 7) is 0.510. The van der Waals surface area contributed by atoms with Crippen LogP contribution in [-0.4, -0.2) is 42.5 Å². The lowest BCUT2D eigenvalue weighted by molar-refractivity contribution is 0.0800. The fourth-order valence-corrected chi connectivity index (χ4v) is 3.65. The number of nitrogens with zero attached hydrogens (tertiary/aromatic N) is 1. The average Bonchev–Trinajstić information content (AvgIpc) is 3.34. The van der Waals surface area contributed by atoms with Gasteiger partial charge in [0.15, 0.2) is 16.6 Å². The minimum Gasteiger partial charge on any atom is -0.493 e. The lowest BCUT2D eigenvalue weighted by atomic mass is 10.2. The highest BCUT2D eigenvalue weighted by atomic mass is 32.1. The largest absolute Gasteiger partial charge is 0.493 e. The first-order chi connectivity index (χ1) is 13.7. The van der Waals surface area contributed by atoms with Crippen LogP contribution in [0.4, 0.5) is 15.6 Å². The average molecular weight is 407 g/mol. The highest BCUT2D eigenvalue weighted by Crippen LogP contribution is 2.34. The molecule has 3 rings (SSSR count). The van der Waals surface area contributed by atoms with Crippen LogP contribution in [0.5, 0.6) is 11.5 Å². The third kappa shape index (κ3) is 5.82. The molecule has 0 unspecified atom stereocenters. The molecule has 28 heavy (non-hydrogen) atoms. The maximum absolute atomic E-state index is 12.3. The molecule has 1 fully saturated rings. The van der Waals surface area contributed by atoms with Crippen LogP contribution in [0.1, 0.15) is 31.4 Å². The Morgan fingerprint density at radius 3 is 2.86 bits per heavy atom. The Hall–Kier alpha value is -2.36. The normalized spacial score (nSPS) is 14.1. The monoisotopic (exact) mass is 407 g/mol. The molecular weight excluding hydrogens is 382 g/mol. The zero-order valence-corrected chi connectivity index (χ0v) is 16.6. The van der Waals surface area contributed by atoms with Crippen molar-refractivity contribution in [3.63, 3.8) is 0 Å². The van der Waals surface area contributed by atoms with E-state index < -0.39 is 6.03 Å². The van der Waals surface area contributed by atoms with Crippen molar-refractivity contribution in [3.8, 4) is 11.5 Å². The van der Waals surface area contributed by atoms with Crippen molar-refractivity contribution in [2.75, 3.05) is 31.0 Å². The van der Waals surface area contributed by atoms with E-state index in [1.165, 1.54) is 24.2 Å². The first kappa shape index (κ1) is 20.4. The predicted octanol–water partition coefficient (Wildman–Crippen LogP) is 3.63. The van der Waals surface area contributed by atoms with Crippen LogP contribution in [-0.2, 0) is 11.3 Å². The van der Waals surface area contributed by atoms with Gasteiger partial charge < -0.3 is 24.6 Å². The molecule has 8 nitrogen and oxygen atoms in total. The van der Waals surface area contributed by atoms with Crippen LogP contribution >= 0.6 is 11.3 Å². The summed E-state index contributed by atoms with van der Waals surface area (Å²) in [4.78, 5) is 16.5. The van der Waals surface area contributed by atoms with Gasteiger partial charge in [-0.1, -0.05) is 0 Å². The fourth-order valence-electron chi connectivity index (χ4n) is 2.96. The molecule has 0 spiro atoms. The molecule has 1 aliphatic carbocycles. The number of aromatic nitrogens is 1. The van der Waals surface area contributed by atoms with Gasteiger partial charge >= 0.3 is 6.03 Å². The Morgan fingerprint density at radius 1 is 1.29 bits per heavy atom. The van der Waals surface area contributed by atoms with E-state index in [0.717, 1.165) is 12.8 Å². The number of nitrogens with one attached hydrogen (secondary N) is 2. The van der Waals surface area contributed by atoms with Gasteiger partial charge in [0.25, 0.3) is 0 Å². The molecule has 0 radical (unpaired) electrons. The number of carbonyl (C=O) groups is 1. The summed E-state index contributed by atoms with van der Waals surface area (Å²) in [5, 5.41) is 16.5. The molecule has 9 heteroatoms. The maximum Gasteiger partial charge on any atom is 0.325 e. The second kappa shape index (κ2) is 10.3. The van der Waals surface area contributed by atoms with Gasteiger partial charge in [-0.2, -0.15) is 0 Å². The van der Waals surface area contributed by atoms with E-state index in [-0.39, 0.29) is 19.3 Å². The molecule has 2 amide bonds. The molecule has 1 aromatic carbocycles. The number of hydrogen-bond donors (Lipinski definition) is 3. The van der Waals surface area contributed by atoms with Gasteiger partial charge in [-0.25, -0.2) is 9.78 Å². The number of thiazole rings is 1. The van der Waals surface area contributed by atoms with Gasteiger partial charge in [-0.15, -0.1) is 11.3 Å². The van der Waals surface area contributed by atoms with Crippen molar-refractivity contribution in [2.24, 2.45) is 0 Å². The number of amides is 2. The Balaban J connectivity index is 1.57. The van der Waals surface area contributed by atoms with Gasteiger partial charge in [0.05, 0.1) is 38.7 Å². The third-order valence-corrected chi connectivity index (χ3v) is 5.08. The maximum atomic E-state index is 12.3. The second-order valence-electron chi connectivity index (χ2n) is 6.39.